The fourth-order valence-electron chi connectivity index (χ4n) is 2.30. The van der Waals surface area contributed by atoms with Gasteiger partial charge < -0.3 is 10.6 Å². The number of thioether (sulfide) groups is 1. The highest BCUT2D eigenvalue weighted by Crippen LogP contribution is 2.26. The Labute approximate surface area is 108 Å². The van der Waals surface area contributed by atoms with Crippen LogP contribution < -0.4 is 10.6 Å². The van der Waals surface area contributed by atoms with Crippen molar-refractivity contribution in [3.63, 3.8) is 0 Å². The lowest BCUT2D eigenvalue weighted by molar-refractivity contribution is -0.121. The van der Waals surface area contributed by atoms with Gasteiger partial charge >= 0.3 is 0 Å². The van der Waals surface area contributed by atoms with Gasteiger partial charge in [-0.15, -0.1) is 24.2 Å². The molecular formula is C11H21ClN2OS. The number of halogens is 1. The van der Waals surface area contributed by atoms with Crippen LogP contribution in [0.4, 0.5) is 0 Å². The quantitative estimate of drug-likeness (QED) is 0.795. The van der Waals surface area contributed by atoms with Crippen LogP contribution in [-0.4, -0.2) is 35.5 Å². The van der Waals surface area contributed by atoms with Crippen molar-refractivity contribution in [2.45, 2.75) is 49.9 Å². The van der Waals surface area contributed by atoms with Gasteiger partial charge in [0.1, 0.15) is 0 Å². The van der Waals surface area contributed by atoms with E-state index >= 15 is 0 Å². The lowest BCUT2D eigenvalue weighted by atomic mass is 9.99. The van der Waals surface area contributed by atoms with Gasteiger partial charge in [0.2, 0.25) is 5.91 Å². The number of carbonyl (C=O) groups is 1. The second-order valence-electron chi connectivity index (χ2n) is 4.50. The molecule has 1 amide bonds. The zero-order valence-corrected chi connectivity index (χ0v) is 11.3. The first-order chi connectivity index (χ1) is 7.27. The predicted molar refractivity (Wildman–Crippen MR) is 71.4 cm³/mol. The second-order valence-corrected chi connectivity index (χ2v) is 5.81. The van der Waals surface area contributed by atoms with Gasteiger partial charge in [0.05, 0.1) is 5.25 Å². The Morgan fingerprint density at radius 1 is 1.38 bits per heavy atom. The summed E-state index contributed by atoms with van der Waals surface area (Å²) in [7, 11) is 0. The van der Waals surface area contributed by atoms with Crippen LogP contribution in [0.15, 0.2) is 0 Å². The van der Waals surface area contributed by atoms with E-state index in [0.29, 0.717) is 12.1 Å². The highest BCUT2D eigenvalue weighted by Gasteiger charge is 2.28. The first-order valence-corrected chi connectivity index (χ1v) is 6.97. The van der Waals surface area contributed by atoms with Crippen molar-refractivity contribution in [1.82, 2.24) is 10.6 Å². The van der Waals surface area contributed by atoms with Gasteiger partial charge in [-0.3, -0.25) is 4.79 Å². The average Bonchev–Trinajstić information content (AvgIpc) is 2.74. The third-order valence-corrected chi connectivity index (χ3v) is 4.69. The molecule has 0 aromatic rings. The molecule has 2 rings (SSSR count). The van der Waals surface area contributed by atoms with Gasteiger partial charge in [0.25, 0.3) is 0 Å². The molecule has 0 aliphatic carbocycles. The molecule has 3 atom stereocenters. The molecular weight excluding hydrogens is 244 g/mol. The Bertz CT molecular complexity index is 234. The van der Waals surface area contributed by atoms with Crippen LogP contribution in [0.25, 0.3) is 0 Å². The molecule has 2 fully saturated rings. The first-order valence-electron chi connectivity index (χ1n) is 5.93. The minimum atomic E-state index is 0. The summed E-state index contributed by atoms with van der Waals surface area (Å²) in [5.41, 5.74) is 0. The van der Waals surface area contributed by atoms with E-state index in [9.17, 15) is 4.79 Å². The zero-order valence-electron chi connectivity index (χ0n) is 9.70. The Morgan fingerprint density at radius 2 is 2.19 bits per heavy atom. The Balaban J connectivity index is 0.00000128. The predicted octanol–water partition coefficient (Wildman–Crippen LogP) is 1.56. The van der Waals surface area contributed by atoms with Gasteiger partial charge in [0.15, 0.2) is 0 Å². The summed E-state index contributed by atoms with van der Waals surface area (Å²) in [4.78, 5) is 11.9. The first kappa shape index (κ1) is 14.1. The molecule has 5 heteroatoms. The molecule has 2 aliphatic rings. The molecule has 0 bridgehead atoms. The second kappa shape index (κ2) is 6.72. The van der Waals surface area contributed by atoms with Crippen molar-refractivity contribution in [3.8, 4) is 0 Å². The van der Waals surface area contributed by atoms with Gasteiger partial charge in [-0.25, -0.2) is 0 Å². The molecule has 3 nitrogen and oxygen atoms in total. The van der Waals surface area contributed by atoms with E-state index in [2.05, 4.69) is 17.6 Å². The lowest BCUT2D eigenvalue weighted by Gasteiger charge is -2.31. The minimum absolute atomic E-state index is 0. The van der Waals surface area contributed by atoms with Gasteiger partial charge in [-0.2, -0.15) is 0 Å². The summed E-state index contributed by atoms with van der Waals surface area (Å²) in [6.45, 7) is 3.25. The number of piperidine rings is 1. The fraction of sp³-hybridized carbons (Fsp3) is 0.909. The van der Waals surface area contributed by atoms with Crippen molar-refractivity contribution in [3.05, 3.63) is 0 Å². The van der Waals surface area contributed by atoms with Gasteiger partial charge in [-0.05, 0) is 44.9 Å². The molecule has 0 radical (unpaired) electrons. The summed E-state index contributed by atoms with van der Waals surface area (Å²) in [5.74, 6) is 1.41. The molecule has 0 aromatic heterocycles. The molecule has 0 saturated carbocycles. The molecule has 0 spiro atoms. The number of amides is 1. The van der Waals surface area contributed by atoms with Crippen LogP contribution in [0.5, 0.6) is 0 Å². The highest BCUT2D eigenvalue weighted by atomic mass is 35.5. The maximum Gasteiger partial charge on any atom is 0.233 e. The van der Waals surface area contributed by atoms with Crippen LogP contribution in [0.3, 0.4) is 0 Å². The Morgan fingerprint density at radius 3 is 2.81 bits per heavy atom. The summed E-state index contributed by atoms with van der Waals surface area (Å²) < 4.78 is 0. The van der Waals surface area contributed by atoms with E-state index in [0.717, 1.165) is 25.1 Å². The van der Waals surface area contributed by atoms with Gasteiger partial charge in [0, 0.05) is 12.1 Å². The standard InChI is InChI=1S/C11H20N2OS.ClH/c1-8-9(4-2-6-12-8)13-11(14)10-5-3-7-15-10;/h8-10,12H,2-7H2,1H3,(H,13,14);1H. The Hall–Kier alpha value is 0.0700. The van der Waals surface area contributed by atoms with Crippen LogP contribution in [0.2, 0.25) is 0 Å². The van der Waals surface area contributed by atoms with E-state index in [1.807, 2.05) is 11.8 Å². The summed E-state index contributed by atoms with van der Waals surface area (Å²) >= 11 is 1.81. The number of carbonyl (C=O) groups excluding carboxylic acids is 1. The van der Waals surface area contributed by atoms with E-state index in [-0.39, 0.29) is 23.6 Å². The summed E-state index contributed by atoms with van der Waals surface area (Å²) in [6, 6.07) is 0.765. The zero-order chi connectivity index (χ0) is 10.7. The topological polar surface area (TPSA) is 41.1 Å². The maximum absolute atomic E-state index is 11.9. The highest BCUT2D eigenvalue weighted by molar-refractivity contribution is 8.00. The lowest BCUT2D eigenvalue weighted by Crippen LogP contribution is -2.53. The monoisotopic (exact) mass is 264 g/mol. The van der Waals surface area contributed by atoms with Crippen LogP contribution in [0.1, 0.15) is 32.6 Å². The SMILES string of the molecule is CC1NCCCC1NC(=O)C1CCCS1.Cl. The molecule has 2 N–H and O–H groups in total. The molecule has 94 valence electrons. The number of nitrogens with one attached hydrogen (secondary N) is 2. The van der Waals surface area contributed by atoms with E-state index in [1.54, 1.807) is 0 Å². The molecule has 2 aliphatic heterocycles. The fourth-order valence-corrected chi connectivity index (χ4v) is 3.47. The molecule has 0 aromatic carbocycles. The van der Waals surface area contributed by atoms with E-state index < -0.39 is 0 Å². The largest absolute Gasteiger partial charge is 0.351 e. The van der Waals surface area contributed by atoms with Crippen molar-refractivity contribution in [2.75, 3.05) is 12.3 Å². The average molecular weight is 265 g/mol. The third kappa shape index (κ3) is 3.54. The molecule has 2 heterocycles. The van der Waals surface area contributed by atoms with Crippen molar-refractivity contribution >= 4 is 30.1 Å². The smallest absolute Gasteiger partial charge is 0.233 e. The third-order valence-electron chi connectivity index (χ3n) is 3.31. The summed E-state index contributed by atoms with van der Waals surface area (Å²) in [6.07, 6.45) is 4.55. The minimum Gasteiger partial charge on any atom is -0.351 e. The summed E-state index contributed by atoms with van der Waals surface area (Å²) in [5, 5.41) is 6.82. The number of hydrogen-bond donors (Lipinski definition) is 2. The van der Waals surface area contributed by atoms with Crippen molar-refractivity contribution < 1.29 is 4.79 Å². The maximum atomic E-state index is 11.9. The molecule has 16 heavy (non-hydrogen) atoms. The normalized spacial score (nSPS) is 34.2. The van der Waals surface area contributed by atoms with E-state index in [1.165, 1.54) is 12.8 Å². The Kier molecular flexibility index (Phi) is 5.94. The number of hydrogen-bond acceptors (Lipinski definition) is 3. The van der Waals surface area contributed by atoms with Crippen LogP contribution in [0, 0.1) is 0 Å². The van der Waals surface area contributed by atoms with Crippen molar-refractivity contribution in [1.29, 1.82) is 0 Å². The van der Waals surface area contributed by atoms with Gasteiger partial charge in [-0.1, -0.05) is 0 Å². The van der Waals surface area contributed by atoms with Crippen LogP contribution >= 0.6 is 24.2 Å². The molecule has 2 saturated heterocycles. The number of rotatable bonds is 2. The van der Waals surface area contributed by atoms with Crippen molar-refractivity contribution in [2.24, 2.45) is 0 Å². The molecule has 3 unspecified atom stereocenters. The van der Waals surface area contributed by atoms with Crippen LogP contribution in [-0.2, 0) is 4.79 Å². The van der Waals surface area contributed by atoms with E-state index in [4.69, 9.17) is 0 Å².